The van der Waals surface area contributed by atoms with Gasteiger partial charge in [0, 0.05) is 15.8 Å². The number of rotatable bonds is 9. The molecule has 0 saturated heterocycles. The first-order valence-corrected chi connectivity index (χ1v) is 12.7. The van der Waals surface area contributed by atoms with Gasteiger partial charge in [-0.1, -0.05) is 66.3 Å². The highest BCUT2D eigenvalue weighted by Crippen LogP contribution is 2.30. The Kier molecular flexibility index (Phi) is 7.63. The number of hydrogen-bond acceptors (Lipinski definition) is 7. The predicted molar refractivity (Wildman–Crippen MR) is 130 cm³/mol. The zero-order valence-electron chi connectivity index (χ0n) is 17.5. The number of Topliss-reactive ketones (excluding diaryl/α,β-unsaturated/α-hetero) is 1. The van der Waals surface area contributed by atoms with Crippen LogP contribution in [0, 0.1) is 6.92 Å². The van der Waals surface area contributed by atoms with Crippen molar-refractivity contribution in [3.8, 4) is 0 Å². The predicted octanol–water partition coefficient (Wildman–Crippen LogP) is 4.54. The van der Waals surface area contributed by atoms with Crippen molar-refractivity contribution >= 4 is 45.2 Å². The third-order valence-electron chi connectivity index (χ3n) is 4.98. The van der Waals surface area contributed by atoms with Gasteiger partial charge in [-0.2, -0.15) is 8.42 Å². The Labute approximate surface area is 197 Å². The summed E-state index contributed by atoms with van der Waals surface area (Å²) in [5, 5.41) is 12.9. The Morgan fingerprint density at radius 1 is 1.03 bits per heavy atom. The van der Waals surface area contributed by atoms with Gasteiger partial charge in [0.05, 0.1) is 4.90 Å². The van der Waals surface area contributed by atoms with Crippen LogP contribution in [0.15, 0.2) is 82.6 Å². The number of hydrogen-bond donors (Lipinski definition) is 1. The smallest absolute Gasteiger partial charge is 0.297 e. The molecule has 166 valence electrons. The molecular weight excluding hydrogens is 464 g/mol. The van der Waals surface area contributed by atoms with Crippen LogP contribution in [-0.2, 0) is 19.9 Å². The van der Waals surface area contributed by atoms with Gasteiger partial charge in [-0.25, -0.2) is 0 Å². The largest absolute Gasteiger partial charge is 0.375 e. The monoisotopic (exact) mass is 486 g/mol. The highest BCUT2D eigenvalue weighted by molar-refractivity contribution is 7.98. The second kappa shape index (κ2) is 10.1. The molecule has 0 aromatic heterocycles. The van der Waals surface area contributed by atoms with E-state index in [1.54, 1.807) is 48.5 Å². The quantitative estimate of drug-likeness (QED) is 0.206. The zero-order chi connectivity index (χ0) is 23.4. The molecule has 0 heterocycles. The molecule has 1 unspecified atom stereocenters. The number of carbonyl (C=O) groups excluding carboxylic acids is 1. The maximum Gasteiger partial charge on any atom is 0.297 e. The van der Waals surface area contributed by atoms with Crippen LogP contribution in [0.3, 0.4) is 0 Å². The van der Waals surface area contributed by atoms with E-state index in [4.69, 9.17) is 16.4 Å². The molecule has 0 fully saturated rings. The van der Waals surface area contributed by atoms with Crippen molar-refractivity contribution < 1.29 is 22.5 Å². The summed E-state index contributed by atoms with van der Waals surface area (Å²) in [4.78, 5) is 14.2. The number of aliphatic hydroxyl groups is 1. The Morgan fingerprint density at radius 2 is 1.62 bits per heavy atom. The van der Waals surface area contributed by atoms with Gasteiger partial charge in [-0.05, 0) is 48.6 Å². The van der Waals surface area contributed by atoms with E-state index in [9.17, 15) is 18.3 Å². The van der Waals surface area contributed by atoms with Crippen molar-refractivity contribution in [2.75, 3.05) is 12.9 Å². The molecule has 0 spiro atoms. The number of aryl methyl sites for hydroxylation is 1. The summed E-state index contributed by atoms with van der Waals surface area (Å²) in [7, 11) is -4.19. The minimum Gasteiger partial charge on any atom is -0.375 e. The highest BCUT2D eigenvalue weighted by Gasteiger charge is 2.40. The van der Waals surface area contributed by atoms with Crippen LogP contribution in [0.1, 0.15) is 27.0 Å². The summed E-state index contributed by atoms with van der Waals surface area (Å²) >= 11 is 6.40. The number of benzene rings is 3. The van der Waals surface area contributed by atoms with Gasteiger partial charge in [0.2, 0.25) is 5.78 Å². The molecule has 3 aromatic rings. The summed E-state index contributed by atoms with van der Waals surface area (Å²) in [6.07, 6.45) is 1.90. The van der Waals surface area contributed by atoms with Crippen molar-refractivity contribution in [3.63, 3.8) is 0 Å². The van der Waals surface area contributed by atoms with Gasteiger partial charge in [0.1, 0.15) is 6.61 Å². The molecule has 5 nitrogen and oxygen atoms in total. The number of carbonyl (C=O) groups is 1. The Bertz CT molecular complexity index is 1200. The average molecular weight is 487 g/mol. The summed E-state index contributed by atoms with van der Waals surface area (Å²) in [5.74, 6) is -0.676. The summed E-state index contributed by atoms with van der Waals surface area (Å²) in [6, 6.07) is 19.2. The molecule has 0 amide bonds. The molecule has 3 aromatic carbocycles. The lowest BCUT2D eigenvalue weighted by Gasteiger charge is -2.27. The van der Waals surface area contributed by atoms with Crippen molar-refractivity contribution in [2.24, 2.45) is 0 Å². The Hall–Kier alpha value is -2.36. The summed E-state index contributed by atoms with van der Waals surface area (Å²) in [5.41, 5.74) is -0.142. The van der Waals surface area contributed by atoms with Crippen molar-refractivity contribution in [1.29, 1.82) is 0 Å². The molecule has 0 radical (unpaired) electrons. The lowest BCUT2D eigenvalue weighted by atomic mass is 9.86. The third-order valence-corrected chi connectivity index (χ3v) is 7.28. The van der Waals surface area contributed by atoms with Gasteiger partial charge in [-0.3, -0.25) is 8.98 Å². The van der Waals surface area contributed by atoms with Crippen molar-refractivity contribution in [1.82, 2.24) is 0 Å². The summed E-state index contributed by atoms with van der Waals surface area (Å²) in [6.45, 7) is 1.07. The molecule has 0 bridgehead atoms. The van der Waals surface area contributed by atoms with E-state index in [2.05, 4.69) is 0 Å². The van der Waals surface area contributed by atoms with Crippen molar-refractivity contribution in [3.05, 3.63) is 95.1 Å². The van der Waals surface area contributed by atoms with E-state index < -0.39 is 28.1 Å². The molecule has 0 aliphatic heterocycles. The number of ketones is 1. The molecule has 3 rings (SSSR count). The van der Waals surface area contributed by atoms with Crippen LogP contribution in [-0.4, -0.2) is 37.5 Å². The van der Waals surface area contributed by atoms with Gasteiger partial charge >= 0.3 is 0 Å². The maximum absolute atomic E-state index is 13.4. The van der Waals surface area contributed by atoms with E-state index in [1.165, 1.54) is 41.4 Å². The first-order chi connectivity index (χ1) is 15.2. The zero-order valence-corrected chi connectivity index (χ0v) is 20.0. The molecule has 32 heavy (non-hydrogen) atoms. The lowest BCUT2D eigenvalue weighted by molar-refractivity contribution is 0.00407. The SMILES string of the molecule is CSc1ccc(C(O)(COS(=O)(=O)c2ccc(C)cc2)C(=O)c2ccc(C=S)cc2)cc1. The lowest BCUT2D eigenvalue weighted by Crippen LogP contribution is -2.41. The van der Waals surface area contributed by atoms with Crippen LogP contribution >= 0.6 is 24.0 Å². The van der Waals surface area contributed by atoms with Gasteiger partial charge < -0.3 is 5.11 Å². The first kappa shape index (κ1) is 24.3. The van der Waals surface area contributed by atoms with Gasteiger partial charge in [0.15, 0.2) is 5.60 Å². The topological polar surface area (TPSA) is 80.7 Å². The minimum atomic E-state index is -4.19. The van der Waals surface area contributed by atoms with E-state index in [0.29, 0.717) is 0 Å². The Morgan fingerprint density at radius 3 is 2.16 bits per heavy atom. The summed E-state index contributed by atoms with van der Waals surface area (Å²) < 4.78 is 30.6. The van der Waals surface area contributed by atoms with Crippen LogP contribution in [0.25, 0.3) is 0 Å². The fourth-order valence-electron chi connectivity index (χ4n) is 3.03. The first-order valence-electron chi connectivity index (χ1n) is 9.62. The van der Waals surface area contributed by atoms with E-state index in [-0.39, 0.29) is 16.0 Å². The standard InChI is InChI=1S/C24H22O5S3/c1-17-3-13-22(14-4-17)32(27,28)29-16-24(26,20-9-11-21(31-2)12-10-20)23(25)19-7-5-18(15-30)6-8-19/h3-15,26H,16H2,1-2H3. The normalized spacial score (nSPS) is 13.3. The van der Waals surface area contributed by atoms with E-state index in [1.807, 2.05) is 13.2 Å². The molecule has 1 N–H and O–H groups in total. The fourth-order valence-corrected chi connectivity index (χ4v) is 4.53. The minimum absolute atomic E-state index is 0.0547. The number of thiocarbonyl (C=S) groups is 1. The maximum atomic E-state index is 13.4. The van der Waals surface area contributed by atoms with Gasteiger partial charge in [0.25, 0.3) is 10.1 Å². The Balaban J connectivity index is 1.98. The fraction of sp³-hybridized carbons (Fsp3) is 0.167. The second-order valence-electron chi connectivity index (χ2n) is 7.19. The molecule has 8 heteroatoms. The molecule has 0 aliphatic carbocycles. The molecular formula is C24H22O5S3. The van der Waals surface area contributed by atoms with Crippen molar-refractivity contribution in [2.45, 2.75) is 22.3 Å². The second-order valence-corrected chi connectivity index (χ2v) is 9.92. The molecule has 0 saturated carbocycles. The van der Waals surface area contributed by atoms with E-state index in [0.717, 1.165) is 16.0 Å². The third kappa shape index (κ3) is 5.33. The van der Waals surface area contributed by atoms with Crippen LogP contribution < -0.4 is 0 Å². The highest BCUT2D eigenvalue weighted by atomic mass is 32.2. The van der Waals surface area contributed by atoms with Crippen LogP contribution in [0.4, 0.5) is 0 Å². The molecule has 1 atom stereocenters. The number of thioether (sulfide) groups is 1. The molecule has 0 aliphatic rings. The van der Waals surface area contributed by atoms with Crippen LogP contribution in [0.5, 0.6) is 0 Å². The average Bonchev–Trinajstić information content (AvgIpc) is 2.82. The van der Waals surface area contributed by atoms with Gasteiger partial charge in [-0.15, -0.1) is 11.8 Å². The van der Waals surface area contributed by atoms with Crippen LogP contribution in [0.2, 0.25) is 0 Å². The van der Waals surface area contributed by atoms with E-state index >= 15 is 0 Å².